The summed E-state index contributed by atoms with van der Waals surface area (Å²) in [5, 5.41) is 3.83. The minimum Gasteiger partial charge on any atom is -0.467 e. The van der Waals surface area contributed by atoms with Gasteiger partial charge in [0.15, 0.2) is 0 Å². The first kappa shape index (κ1) is 22.3. The highest BCUT2D eigenvalue weighted by Crippen LogP contribution is 2.45. The molecule has 1 atom stereocenters. The number of hydrogen-bond donors (Lipinski definition) is 1. The van der Waals surface area contributed by atoms with E-state index in [1.54, 1.807) is 17.6 Å². The Kier molecular flexibility index (Phi) is 6.67. The molecule has 3 aromatic rings. The van der Waals surface area contributed by atoms with Crippen LogP contribution in [0.1, 0.15) is 59.3 Å². The number of aliphatic imine (C=N–C) groups is 1. The van der Waals surface area contributed by atoms with Gasteiger partial charge in [-0.3, -0.25) is 4.79 Å². The van der Waals surface area contributed by atoms with E-state index in [0.29, 0.717) is 12.5 Å². The van der Waals surface area contributed by atoms with E-state index < -0.39 is 0 Å². The van der Waals surface area contributed by atoms with Gasteiger partial charge in [0, 0.05) is 14.7 Å². The Morgan fingerprint density at radius 2 is 2.16 bits per heavy atom. The highest BCUT2D eigenvalue weighted by Gasteiger charge is 2.33. The monoisotopic (exact) mass is 546 g/mol. The molecule has 31 heavy (non-hydrogen) atoms. The summed E-state index contributed by atoms with van der Waals surface area (Å²) in [6, 6.07) is 11.9. The zero-order valence-electron chi connectivity index (χ0n) is 18.1. The van der Waals surface area contributed by atoms with Gasteiger partial charge in [-0.15, -0.1) is 11.3 Å². The first-order valence-electron chi connectivity index (χ1n) is 10.6. The number of amides is 1. The Bertz CT molecular complexity index is 1090. The van der Waals surface area contributed by atoms with Crippen LogP contribution < -0.4 is 5.32 Å². The quantitative estimate of drug-likeness (QED) is 0.284. The lowest BCUT2D eigenvalue weighted by Gasteiger charge is -2.33. The van der Waals surface area contributed by atoms with Crippen molar-refractivity contribution in [1.82, 2.24) is 5.32 Å². The number of nitrogens with zero attached hydrogens (tertiary/aromatic N) is 1. The molecule has 4 nitrogen and oxygen atoms in total. The molecule has 1 aliphatic carbocycles. The Balaban J connectivity index is 1.65. The molecule has 1 aliphatic rings. The molecule has 0 saturated carbocycles. The van der Waals surface area contributed by atoms with E-state index in [-0.39, 0.29) is 11.3 Å². The normalized spacial score (nSPS) is 16.5. The van der Waals surface area contributed by atoms with Gasteiger partial charge in [0.1, 0.15) is 10.8 Å². The van der Waals surface area contributed by atoms with E-state index in [0.717, 1.165) is 44.7 Å². The molecule has 0 spiro atoms. The average molecular weight is 546 g/mol. The van der Waals surface area contributed by atoms with Gasteiger partial charge in [-0.25, -0.2) is 4.99 Å². The molecule has 4 rings (SSSR count). The van der Waals surface area contributed by atoms with Crippen molar-refractivity contribution in [2.75, 3.05) is 0 Å². The van der Waals surface area contributed by atoms with Gasteiger partial charge in [-0.1, -0.05) is 32.9 Å². The van der Waals surface area contributed by atoms with Gasteiger partial charge in [0.2, 0.25) is 0 Å². The molecule has 2 heterocycles. The van der Waals surface area contributed by atoms with Crippen molar-refractivity contribution in [2.24, 2.45) is 16.3 Å². The maximum Gasteiger partial charge on any atom is 0.255 e. The fourth-order valence-corrected chi connectivity index (χ4v) is 5.86. The Hall–Kier alpha value is -1.93. The van der Waals surface area contributed by atoms with Crippen molar-refractivity contribution in [3.05, 3.63) is 73.6 Å². The molecule has 1 amide bonds. The van der Waals surface area contributed by atoms with Crippen LogP contribution in [0.25, 0.3) is 0 Å². The maximum absolute atomic E-state index is 13.2. The molecule has 0 bridgehead atoms. The minimum absolute atomic E-state index is 0.0714. The molecule has 6 heteroatoms. The van der Waals surface area contributed by atoms with Crippen LogP contribution >= 0.6 is 33.9 Å². The summed E-state index contributed by atoms with van der Waals surface area (Å²) < 4.78 is 6.53. The second-order valence-electron chi connectivity index (χ2n) is 9.06. The predicted molar refractivity (Wildman–Crippen MR) is 136 cm³/mol. The number of carbonyl (C=O) groups is 1. The summed E-state index contributed by atoms with van der Waals surface area (Å²) in [5.74, 6) is 1.29. The predicted octanol–water partition coefficient (Wildman–Crippen LogP) is 6.78. The lowest BCUT2D eigenvalue weighted by atomic mass is 9.72. The Labute approximate surface area is 201 Å². The summed E-state index contributed by atoms with van der Waals surface area (Å²) in [6.07, 6.45) is 6.53. The first-order valence-corrected chi connectivity index (χ1v) is 12.5. The van der Waals surface area contributed by atoms with Crippen LogP contribution in [0.5, 0.6) is 0 Å². The standard InChI is InChI=1S/C25H27IN2O2S/c1-25(2,3)17-9-10-20-21(13-17)31-24(28-14-16-6-4-7-18(26)12-16)22(20)23(29)27-15-19-8-5-11-30-19/h4-8,11-12,14,17H,9-10,13,15H2,1-3H3,(H,27,29)/t17-/m0/s1. The summed E-state index contributed by atoms with van der Waals surface area (Å²) in [4.78, 5) is 19.3. The third-order valence-electron chi connectivity index (χ3n) is 5.88. The van der Waals surface area contributed by atoms with Gasteiger partial charge < -0.3 is 9.73 Å². The molecule has 1 aromatic carbocycles. The molecule has 2 aromatic heterocycles. The van der Waals surface area contributed by atoms with E-state index >= 15 is 0 Å². The van der Waals surface area contributed by atoms with E-state index in [2.05, 4.69) is 60.8 Å². The van der Waals surface area contributed by atoms with Crippen LogP contribution in [0.3, 0.4) is 0 Å². The van der Waals surface area contributed by atoms with Gasteiger partial charge in [-0.05, 0) is 88.6 Å². The number of halogens is 1. The van der Waals surface area contributed by atoms with Gasteiger partial charge in [-0.2, -0.15) is 0 Å². The number of carbonyl (C=O) groups excluding carboxylic acids is 1. The van der Waals surface area contributed by atoms with Gasteiger partial charge >= 0.3 is 0 Å². The molecule has 0 saturated heterocycles. The third kappa shape index (κ3) is 5.29. The Morgan fingerprint density at radius 3 is 2.87 bits per heavy atom. The average Bonchev–Trinajstić information content (AvgIpc) is 3.37. The number of fused-ring (bicyclic) bond motifs is 1. The topological polar surface area (TPSA) is 54.6 Å². The second kappa shape index (κ2) is 9.28. The SMILES string of the molecule is CC(C)(C)[C@H]1CCc2c(sc(N=Cc3cccc(I)c3)c2C(=O)NCc2ccco2)C1. The van der Waals surface area contributed by atoms with Crippen molar-refractivity contribution in [2.45, 2.75) is 46.6 Å². The lowest BCUT2D eigenvalue weighted by molar-refractivity contribution is 0.0947. The molecule has 0 radical (unpaired) electrons. The van der Waals surface area contributed by atoms with E-state index in [9.17, 15) is 4.79 Å². The van der Waals surface area contributed by atoms with Crippen molar-refractivity contribution < 1.29 is 9.21 Å². The van der Waals surface area contributed by atoms with Gasteiger partial charge in [0.25, 0.3) is 5.91 Å². The van der Waals surface area contributed by atoms with Crippen molar-refractivity contribution >= 4 is 51.1 Å². The van der Waals surface area contributed by atoms with Crippen LogP contribution in [0.2, 0.25) is 0 Å². The molecule has 0 unspecified atom stereocenters. The van der Waals surface area contributed by atoms with E-state index in [1.807, 2.05) is 30.5 Å². The first-order chi connectivity index (χ1) is 14.8. The summed E-state index contributed by atoms with van der Waals surface area (Å²) >= 11 is 3.97. The highest BCUT2D eigenvalue weighted by molar-refractivity contribution is 14.1. The fraction of sp³-hybridized carbons (Fsp3) is 0.360. The van der Waals surface area contributed by atoms with Crippen molar-refractivity contribution in [3.8, 4) is 0 Å². The van der Waals surface area contributed by atoms with E-state index in [4.69, 9.17) is 9.41 Å². The number of furan rings is 1. The summed E-state index contributed by atoms with van der Waals surface area (Å²) in [5.41, 5.74) is 3.21. The van der Waals surface area contributed by atoms with Crippen LogP contribution in [0.15, 0.2) is 52.1 Å². The minimum atomic E-state index is -0.0714. The number of hydrogen-bond acceptors (Lipinski definition) is 4. The Morgan fingerprint density at radius 1 is 1.32 bits per heavy atom. The number of rotatable bonds is 5. The van der Waals surface area contributed by atoms with Crippen LogP contribution in [-0.2, 0) is 19.4 Å². The summed E-state index contributed by atoms with van der Waals surface area (Å²) in [7, 11) is 0. The lowest BCUT2D eigenvalue weighted by Crippen LogP contribution is -2.28. The zero-order valence-corrected chi connectivity index (χ0v) is 21.0. The van der Waals surface area contributed by atoms with Crippen LogP contribution in [0, 0.1) is 14.9 Å². The fourth-order valence-electron chi connectivity index (χ4n) is 4.02. The number of thiophene rings is 1. The highest BCUT2D eigenvalue weighted by atomic mass is 127. The molecule has 0 aliphatic heterocycles. The summed E-state index contributed by atoms with van der Waals surface area (Å²) in [6.45, 7) is 7.30. The second-order valence-corrected chi connectivity index (χ2v) is 11.4. The molecule has 1 N–H and O–H groups in total. The number of benzene rings is 1. The zero-order chi connectivity index (χ0) is 22.0. The number of nitrogens with one attached hydrogen (secondary N) is 1. The smallest absolute Gasteiger partial charge is 0.255 e. The van der Waals surface area contributed by atoms with Crippen molar-refractivity contribution in [1.29, 1.82) is 0 Å². The largest absolute Gasteiger partial charge is 0.467 e. The molecular formula is C25H27IN2O2S. The third-order valence-corrected chi connectivity index (χ3v) is 7.71. The maximum atomic E-state index is 13.2. The molecule has 0 fully saturated rings. The van der Waals surface area contributed by atoms with Crippen LogP contribution in [0.4, 0.5) is 5.00 Å². The molecule has 162 valence electrons. The van der Waals surface area contributed by atoms with Crippen molar-refractivity contribution in [3.63, 3.8) is 0 Å². The van der Waals surface area contributed by atoms with E-state index in [1.165, 1.54) is 10.4 Å². The van der Waals surface area contributed by atoms with Gasteiger partial charge in [0.05, 0.1) is 18.4 Å². The molecular weight excluding hydrogens is 519 g/mol. The van der Waals surface area contributed by atoms with Crippen LogP contribution in [-0.4, -0.2) is 12.1 Å².